The molecule has 0 bridgehead atoms. The molecule has 7 rings (SSSR count). The van der Waals surface area contributed by atoms with Crippen molar-refractivity contribution >= 4 is 34.8 Å². The molecule has 0 unspecified atom stereocenters. The zero-order valence-electron chi connectivity index (χ0n) is 39.2. The second kappa shape index (κ2) is 23.9. The average Bonchev–Trinajstić information content (AvgIpc) is 4.16. The number of hydrogen-bond acceptors (Lipinski definition) is 14. The molecule has 4 N–H and O–H groups in total. The fraction of sp³-hybridized carbons (Fsp3) is 0.460. The first-order valence-electron chi connectivity index (χ1n) is 23.1. The number of pyridine rings is 1. The number of rotatable bonds is 23. The number of likely N-dealkylation sites (tertiary alicyclic amines) is 1. The minimum absolute atomic E-state index is 0.0146. The number of nitrogens with zero attached hydrogens (tertiary/aromatic N) is 6. The number of amides is 3. The van der Waals surface area contributed by atoms with Crippen molar-refractivity contribution in [2.45, 2.75) is 84.7 Å². The third-order valence-electron chi connectivity index (χ3n) is 11.9. The molecule has 3 atom stereocenters. The van der Waals surface area contributed by atoms with Crippen molar-refractivity contribution in [3.8, 4) is 32.8 Å². The van der Waals surface area contributed by atoms with Gasteiger partial charge >= 0.3 is 0 Å². The summed E-state index contributed by atoms with van der Waals surface area (Å²) < 4.78 is 24.5. The molecule has 362 valence electrons. The maximum atomic E-state index is 13.9. The SMILES string of the molecule is Cc1ncsc1-c1ccc(CNC(=O)[C@@H]2C[C@@H](O)CN2C(=O)[C@@H](NC(=O)COCCOCCOCCOCCCn2cc(-c3ccc4c(c3)CC/C4=N\O)c(-c3ccncc3)n2)C(C)(C)C)cc1. The van der Waals surface area contributed by atoms with Crippen molar-refractivity contribution in [3.05, 3.63) is 101 Å². The number of ether oxygens (including phenoxy) is 4. The number of nitrogens with one attached hydrogen (secondary N) is 2. The van der Waals surface area contributed by atoms with Crippen molar-refractivity contribution in [2.24, 2.45) is 10.6 Å². The van der Waals surface area contributed by atoms with Crippen LogP contribution in [0.2, 0.25) is 0 Å². The molecule has 4 heterocycles. The summed E-state index contributed by atoms with van der Waals surface area (Å²) in [7, 11) is 0. The molecule has 0 radical (unpaired) electrons. The first kappa shape index (κ1) is 50.0. The Labute approximate surface area is 400 Å². The van der Waals surface area contributed by atoms with Crippen LogP contribution in [0.25, 0.3) is 32.8 Å². The number of aromatic nitrogens is 4. The van der Waals surface area contributed by atoms with Crippen LogP contribution in [-0.4, -0.2) is 136 Å². The van der Waals surface area contributed by atoms with Gasteiger partial charge in [0.2, 0.25) is 17.7 Å². The molecule has 1 aliphatic heterocycles. The largest absolute Gasteiger partial charge is 0.411 e. The van der Waals surface area contributed by atoms with Crippen molar-refractivity contribution in [1.82, 2.24) is 35.3 Å². The van der Waals surface area contributed by atoms with Crippen LogP contribution in [0, 0.1) is 12.3 Å². The number of hydrogen-bond donors (Lipinski definition) is 4. The Kier molecular flexibility index (Phi) is 17.6. The lowest BCUT2D eigenvalue weighted by molar-refractivity contribution is -0.144. The minimum atomic E-state index is -0.962. The fourth-order valence-electron chi connectivity index (χ4n) is 8.35. The number of fused-ring (bicyclic) bond motifs is 1. The molecule has 1 saturated heterocycles. The van der Waals surface area contributed by atoms with E-state index < -0.39 is 35.4 Å². The number of β-amino-alcohol motifs (C(OH)–C–C–N with tert-alkyl or cyclic N) is 1. The molecule has 68 heavy (non-hydrogen) atoms. The van der Waals surface area contributed by atoms with E-state index in [-0.39, 0.29) is 45.2 Å². The monoisotopic (exact) mass is 950 g/mol. The summed E-state index contributed by atoms with van der Waals surface area (Å²) in [5, 5.41) is 34.0. The molecular formula is C50H62N8O9S. The molecule has 0 saturated carbocycles. The number of aryl methyl sites for hydroxylation is 3. The van der Waals surface area contributed by atoms with Gasteiger partial charge in [-0.1, -0.05) is 68.4 Å². The number of aliphatic hydroxyl groups excluding tert-OH is 1. The Bertz CT molecular complexity index is 2490. The van der Waals surface area contributed by atoms with E-state index in [0.717, 1.165) is 80.2 Å². The van der Waals surface area contributed by atoms with Gasteiger partial charge in [-0.2, -0.15) is 5.10 Å². The number of oxime groups is 1. The first-order chi connectivity index (χ1) is 32.9. The number of aliphatic hydroxyl groups is 1. The van der Waals surface area contributed by atoms with Crippen molar-refractivity contribution in [3.63, 3.8) is 0 Å². The molecular weight excluding hydrogens is 889 g/mol. The van der Waals surface area contributed by atoms with Crippen LogP contribution in [0.5, 0.6) is 0 Å². The molecule has 2 aliphatic rings. The third kappa shape index (κ3) is 13.2. The van der Waals surface area contributed by atoms with E-state index in [0.29, 0.717) is 39.6 Å². The molecule has 1 aliphatic carbocycles. The van der Waals surface area contributed by atoms with Crippen LogP contribution >= 0.6 is 11.3 Å². The third-order valence-corrected chi connectivity index (χ3v) is 12.9. The standard InChI is InChI=1S/C50H62N8O9S/c1-33-46(68-32-53-33)36-8-6-34(7-9-36)28-52-48(61)43-27-39(59)29-58(43)49(62)47(50(2,3)4)54-44(60)31-67-25-24-66-23-22-65-21-20-64-19-5-18-57-30-41(45(55-57)35-14-16-51-17-15-35)38-10-12-40-37(26-38)11-13-42(40)56-63/h6-10,12,14-17,26,30,32,39,43,47,59,63H,5,11,13,18-25,27-29,31H2,1-4H3,(H,52,61)(H,54,60)/b56-42+/t39-,43+,47-/m1/s1. The van der Waals surface area contributed by atoms with Crippen LogP contribution in [0.1, 0.15) is 62.4 Å². The average molecular weight is 951 g/mol. The van der Waals surface area contributed by atoms with Gasteiger partial charge < -0.3 is 44.8 Å². The number of carbonyl (C=O) groups excluding carboxylic acids is 3. The Morgan fingerprint density at radius 2 is 1.57 bits per heavy atom. The summed E-state index contributed by atoms with van der Waals surface area (Å²) in [6, 6.07) is 16.2. The first-order valence-corrected chi connectivity index (χ1v) is 24.0. The Morgan fingerprint density at radius 3 is 2.25 bits per heavy atom. The number of benzene rings is 2. The van der Waals surface area contributed by atoms with Gasteiger partial charge in [-0.05, 0) is 66.0 Å². The van der Waals surface area contributed by atoms with Gasteiger partial charge in [0.05, 0.1) is 67.5 Å². The Morgan fingerprint density at radius 1 is 0.882 bits per heavy atom. The van der Waals surface area contributed by atoms with Crippen LogP contribution in [0.15, 0.2) is 83.9 Å². The van der Waals surface area contributed by atoms with Crippen molar-refractivity contribution in [1.29, 1.82) is 0 Å². The molecule has 1 fully saturated rings. The molecule has 17 nitrogen and oxygen atoms in total. The topological polar surface area (TPSA) is 212 Å². The second-order valence-electron chi connectivity index (χ2n) is 18.0. The lowest BCUT2D eigenvalue weighted by atomic mass is 9.85. The number of thiazole rings is 1. The zero-order valence-corrected chi connectivity index (χ0v) is 40.0. The quantitative estimate of drug-likeness (QED) is 0.0367. The second-order valence-corrected chi connectivity index (χ2v) is 18.9. The summed E-state index contributed by atoms with van der Waals surface area (Å²) in [4.78, 5) is 51.3. The van der Waals surface area contributed by atoms with Gasteiger partial charge in [0.25, 0.3) is 0 Å². The predicted octanol–water partition coefficient (Wildman–Crippen LogP) is 5.43. The molecule has 18 heteroatoms. The summed E-state index contributed by atoms with van der Waals surface area (Å²) >= 11 is 1.57. The highest BCUT2D eigenvalue weighted by molar-refractivity contribution is 7.13. The molecule has 3 amide bonds. The van der Waals surface area contributed by atoms with Crippen molar-refractivity contribution < 1.29 is 43.6 Å². The van der Waals surface area contributed by atoms with Crippen LogP contribution in [-0.2, 0) is 52.8 Å². The van der Waals surface area contributed by atoms with E-state index in [2.05, 4.69) is 44.1 Å². The normalized spacial score (nSPS) is 16.8. The van der Waals surface area contributed by atoms with Gasteiger partial charge in [-0.25, -0.2) is 4.98 Å². The molecule has 5 aromatic rings. The summed E-state index contributed by atoms with van der Waals surface area (Å²) in [5.74, 6) is -1.29. The lowest BCUT2D eigenvalue weighted by Gasteiger charge is -2.35. The van der Waals surface area contributed by atoms with E-state index in [4.69, 9.17) is 24.0 Å². The van der Waals surface area contributed by atoms with E-state index in [1.165, 1.54) is 4.90 Å². The van der Waals surface area contributed by atoms with Crippen molar-refractivity contribution in [2.75, 3.05) is 59.4 Å². The summed E-state index contributed by atoms with van der Waals surface area (Å²) in [5.41, 5.74) is 10.9. The van der Waals surface area contributed by atoms with Gasteiger partial charge in [0.1, 0.15) is 24.4 Å². The predicted molar refractivity (Wildman–Crippen MR) is 257 cm³/mol. The number of carbonyl (C=O) groups is 3. The van der Waals surface area contributed by atoms with Crippen LogP contribution in [0.3, 0.4) is 0 Å². The van der Waals surface area contributed by atoms with Crippen LogP contribution in [0.4, 0.5) is 0 Å². The summed E-state index contributed by atoms with van der Waals surface area (Å²) in [6.07, 6.45) is 7.15. The fourth-order valence-corrected chi connectivity index (χ4v) is 9.16. The van der Waals surface area contributed by atoms with E-state index in [1.54, 1.807) is 23.7 Å². The minimum Gasteiger partial charge on any atom is -0.411 e. The molecule has 3 aromatic heterocycles. The lowest BCUT2D eigenvalue weighted by Crippen LogP contribution is -2.58. The Balaban J connectivity index is 0.751. The van der Waals surface area contributed by atoms with E-state index >= 15 is 0 Å². The Hall–Kier alpha value is -5.89. The molecule has 2 aromatic carbocycles. The van der Waals surface area contributed by atoms with Crippen LogP contribution < -0.4 is 10.6 Å². The van der Waals surface area contributed by atoms with E-state index in [9.17, 15) is 24.7 Å². The van der Waals surface area contributed by atoms with Gasteiger partial charge in [-0.15, -0.1) is 11.3 Å². The van der Waals surface area contributed by atoms with Gasteiger partial charge in [-0.3, -0.25) is 24.0 Å². The van der Waals surface area contributed by atoms with E-state index in [1.807, 2.05) is 80.4 Å². The van der Waals surface area contributed by atoms with Gasteiger partial charge in [0, 0.05) is 67.9 Å². The zero-order chi connectivity index (χ0) is 48.0. The maximum Gasteiger partial charge on any atom is 0.246 e. The summed E-state index contributed by atoms with van der Waals surface area (Å²) in [6.45, 7) is 10.6. The van der Waals surface area contributed by atoms with Gasteiger partial charge in [0.15, 0.2) is 0 Å². The maximum absolute atomic E-state index is 13.9. The highest BCUT2D eigenvalue weighted by Crippen LogP contribution is 2.35. The highest BCUT2D eigenvalue weighted by Gasteiger charge is 2.44. The smallest absolute Gasteiger partial charge is 0.246 e. The molecule has 0 spiro atoms. The highest BCUT2D eigenvalue weighted by atomic mass is 32.1.